The zero-order valence-electron chi connectivity index (χ0n) is 8.20. The average Bonchev–Trinajstić information content (AvgIpc) is 2.69. The van der Waals surface area contributed by atoms with Crippen molar-refractivity contribution in [1.29, 1.82) is 0 Å². The maximum absolute atomic E-state index is 8.61. The monoisotopic (exact) mass is 209 g/mol. The van der Waals surface area contributed by atoms with Crippen LogP contribution in [0.25, 0.3) is 0 Å². The Kier molecular flexibility index (Phi) is 3.03. The average molecular weight is 209 g/mol. The molecule has 80 valence electrons. The Hall–Kier alpha value is -1.34. The van der Waals surface area contributed by atoms with Crippen LogP contribution in [0.1, 0.15) is 12.8 Å². The summed E-state index contributed by atoms with van der Waals surface area (Å²) in [7, 11) is -1.85. The van der Waals surface area contributed by atoms with E-state index in [1.165, 1.54) is 6.20 Å². The van der Waals surface area contributed by atoms with Crippen molar-refractivity contribution in [3.05, 3.63) is 12.4 Å². The molecular weight excluding hydrogens is 197 g/mol. The summed E-state index contributed by atoms with van der Waals surface area (Å²) in [5.74, 6) is 0.833. The molecule has 0 radical (unpaired) electrons. The minimum Gasteiger partial charge on any atom is -0.496 e. The molecule has 0 atom stereocenters. The van der Waals surface area contributed by atoms with Crippen LogP contribution in [-0.4, -0.2) is 40.4 Å². The van der Waals surface area contributed by atoms with E-state index in [9.17, 15) is 0 Å². The predicted molar refractivity (Wildman–Crippen MR) is 54.3 cm³/mol. The van der Waals surface area contributed by atoms with Gasteiger partial charge in [-0.2, -0.15) is 4.98 Å². The fraction of sp³-hybridized carbons (Fsp3) is 0.500. The SMILES string of the molecule is OB(O)Oc1cncc(N2CCCC2)n1. The molecule has 1 aliphatic rings. The standard InChI is InChI=1S/C8H12BN3O3/c13-9(14)15-8-6-10-5-7(11-8)12-3-1-2-4-12/h5-6,13-14H,1-4H2. The molecule has 0 spiro atoms. The third-order valence-electron chi connectivity index (χ3n) is 2.26. The maximum atomic E-state index is 8.61. The molecule has 1 aromatic rings. The lowest BCUT2D eigenvalue weighted by atomic mass is 10.3. The number of hydrogen-bond donors (Lipinski definition) is 2. The van der Waals surface area contributed by atoms with Crippen LogP contribution in [0.3, 0.4) is 0 Å². The van der Waals surface area contributed by atoms with E-state index in [4.69, 9.17) is 10.0 Å². The largest absolute Gasteiger partial charge is 0.708 e. The highest BCUT2D eigenvalue weighted by atomic mass is 16.6. The topological polar surface area (TPSA) is 78.7 Å². The van der Waals surface area contributed by atoms with Gasteiger partial charge in [-0.3, -0.25) is 4.98 Å². The van der Waals surface area contributed by atoms with Crippen LogP contribution in [0.2, 0.25) is 0 Å². The molecule has 15 heavy (non-hydrogen) atoms. The number of rotatable bonds is 3. The van der Waals surface area contributed by atoms with Crippen molar-refractivity contribution < 1.29 is 14.7 Å². The van der Waals surface area contributed by atoms with E-state index in [1.54, 1.807) is 6.20 Å². The first-order valence-corrected chi connectivity index (χ1v) is 4.85. The van der Waals surface area contributed by atoms with Crippen molar-refractivity contribution in [3.63, 3.8) is 0 Å². The van der Waals surface area contributed by atoms with Crippen LogP contribution in [0.15, 0.2) is 12.4 Å². The highest BCUT2D eigenvalue weighted by molar-refractivity contribution is 6.33. The molecular formula is C8H12BN3O3. The van der Waals surface area contributed by atoms with Gasteiger partial charge in [-0.25, -0.2) is 0 Å². The number of nitrogens with zero attached hydrogens (tertiary/aromatic N) is 3. The lowest BCUT2D eigenvalue weighted by molar-refractivity contribution is 0.283. The highest BCUT2D eigenvalue weighted by Gasteiger charge is 2.16. The highest BCUT2D eigenvalue weighted by Crippen LogP contribution is 2.18. The van der Waals surface area contributed by atoms with Crippen molar-refractivity contribution >= 4 is 13.1 Å². The first-order chi connectivity index (χ1) is 7.25. The Morgan fingerprint density at radius 1 is 1.27 bits per heavy atom. The maximum Gasteiger partial charge on any atom is 0.708 e. The molecule has 1 saturated heterocycles. The quantitative estimate of drug-likeness (QED) is 0.648. The summed E-state index contributed by atoms with van der Waals surface area (Å²) in [5, 5.41) is 17.2. The normalized spacial score (nSPS) is 15.5. The van der Waals surface area contributed by atoms with Crippen molar-refractivity contribution in [1.82, 2.24) is 9.97 Å². The molecule has 0 saturated carbocycles. The van der Waals surface area contributed by atoms with Gasteiger partial charge in [0.15, 0.2) is 5.82 Å². The van der Waals surface area contributed by atoms with E-state index in [2.05, 4.69) is 19.5 Å². The summed E-state index contributed by atoms with van der Waals surface area (Å²) in [6.07, 6.45) is 5.28. The number of anilines is 1. The molecule has 1 aliphatic heterocycles. The minimum absolute atomic E-state index is 0.120. The third-order valence-corrected chi connectivity index (χ3v) is 2.26. The van der Waals surface area contributed by atoms with Crippen molar-refractivity contribution in [2.24, 2.45) is 0 Å². The van der Waals surface area contributed by atoms with Gasteiger partial charge in [0.1, 0.15) is 0 Å². The Balaban J connectivity index is 2.11. The Morgan fingerprint density at radius 3 is 2.67 bits per heavy atom. The van der Waals surface area contributed by atoms with Gasteiger partial charge >= 0.3 is 7.32 Å². The van der Waals surface area contributed by atoms with Gasteiger partial charge in [0.2, 0.25) is 5.88 Å². The second kappa shape index (κ2) is 4.46. The van der Waals surface area contributed by atoms with Crippen molar-refractivity contribution in [2.45, 2.75) is 12.8 Å². The Morgan fingerprint density at radius 2 is 2.00 bits per heavy atom. The van der Waals surface area contributed by atoms with Crippen molar-refractivity contribution in [2.75, 3.05) is 18.0 Å². The van der Waals surface area contributed by atoms with E-state index in [-0.39, 0.29) is 5.88 Å². The molecule has 0 aromatic carbocycles. The fourth-order valence-electron chi connectivity index (χ4n) is 1.60. The lowest BCUT2D eigenvalue weighted by Gasteiger charge is -2.16. The van der Waals surface area contributed by atoms with E-state index in [0.717, 1.165) is 25.9 Å². The summed E-state index contributed by atoms with van der Waals surface area (Å²) in [6.45, 7) is 1.92. The zero-order chi connectivity index (χ0) is 10.7. The van der Waals surface area contributed by atoms with Gasteiger partial charge in [-0.15, -0.1) is 0 Å². The zero-order valence-corrected chi connectivity index (χ0v) is 8.20. The van der Waals surface area contributed by atoms with Crippen LogP contribution in [0.5, 0.6) is 5.88 Å². The van der Waals surface area contributed by atoms with Gasteiger partial charge in [0.05, 0.1) is 12.4 Å². The Bertz CT molecular complexity index is 331. The van der Waals surface area contributed by atoms with Crippen LogP contribution in [0.4, 0.5) is 5.82 Å². The molecule has 2 heterocycles. The molecule has 0 aliphatic carbocycles. The van der Waals surface area contributed by atoms with E-state index < -0.39 is 7.32 Å². The van der Waals surface area contributed by atoms with Crippen LogP contribution in [-0.2, 0) is 0 Å². The predicted octanol–water partition coefficient (Wildman–Crippen LogP) is -0.575. The van der Waals surface area contributed by atoms with Crippen molar-refractivity contribution in [3.8, 4) is 5.88 Å². The van der Waals surface area contributed by atoms with Gasteiger partial charge in [-0.05, 0) is 12.8 Å². The summed E-state index contributed by atoms with van der Waals surface area (Å²) < 4.78 is 4.63. The number of hydrogen-bond acceptors (Lipinski definition) is 6. The molecule has 0 bridgehead atoms. The van der Waals surface area contributed by atoms with E-state index in [1.807, 2.05) is 0 Å². The Labute approximate surface area is 87.7 Å². The molecule has 7 heteroatoms. The second-order valence-corrected chi connectivity index (χ2v) is 3.35. The van der Waals surface area contributed by atoms with Crippen LogP contribution >= 0.6 is 0 Å². The van der Waals surface area contributed by atoms with Gasteiger partial charge < -0.3 is 19.6 Å². The molecule has 6 nitrogen and oxygen atoms in total. The van der Waals surface area contributed by atoms with Crippen LogP contribution < -0.4 is 9.55 Å². The number of aromatic nitrogens is 2. The third kappa shape index (κ3) is 2.57. The summed E-state index contributed by atoms with van der Waals surface area (Å²) in [4.78, 5) is 10.1. The van der Waals surface area contributed by atoms with Gasteiger partial charge in [0.25, 0.3) is 0 Å². The smallest absolute Gasteiger partial charge is 0.496 e. The fourth-order valence-corrected chi connectivity index (χ4v) is 1.60. The summed E-state index contributed by atoms with van der Waals surface area (Å²) >= 11 is 0. The molecule has 1 aromatic heterocycles. The lowest BCUT2D eigenvalue weighted by Crippen LogP contribution is -2.23. The molecule has 2 rings (SSSR count). The van der Waals surface area contributed by atoms with E-state index in [0.29, 0.717) is 5.82 Å². The molecule has 0 amide bonds. The van der Waals surface area contributed by atoms with Crippen LogP contribution in [0, 0.1) is 0 Å². The first kappa shape index (κ1) is 10.2. The van der Waals surface area contributed by atoms with E-state index >= 15 is 0 Å². The first-order valence-electron chi connectivity index (χ1n) is 4.85. The minimum atomic E-state index is -1.85. The molecule has 0 unspecified atom stereocenters. The molecule has 2 N–H and O–H groups in total. The second-order valence-electron chi connectivity index (χ2n) is 3.35. The summed E-state index contributed by atoms with van der Waals surface area (Å²) in [6, 6.07) is 0. The van der Waals surface area contributed by atoms with Gasteiger partial charge in [0, 0.05) is 13.1 Å². The van der Waals surface area contributed by atoms with Gasteiger partial charge in [-0.1, -0.05) is 0 Å². The molecule has 1 fully saturated rings. The summed E-state index contributed by atoms with van der Waals surface area (Å²) in [5.41, 5.74) is 0.